The molecule has 2 fully saturated rings. The molecule has 238 valence electrons. The Bertz CT molecular complexity index is 1850. The monoisotopic (exact) mass is 644 g/mol. The molecule has 0 aliphatic carbocycles. The summed E-state index contributed by atoms with van der Waals surface area (Å²) in [5.41, 5.74) is 2.02. The number of anilines is 1. The maximum Gasteiger partial charge on any atom is 0.287 e. The Morgan fingerprint density at radius 3 is 2.39 bits per heavy atom. The van der Waals surface area contributed by atoms with Gasteiger partial charge in [0.25, 0.3) is 5.91 Å². The summed E-state index contributed by atoms with van der Waals surface area (Å²) in [6, 6.07) is 17.0. The molecule has 2 saturated heterocycles. The number of nitrogens with zero attached hydrogens (tertiary/aromatic N) is 3. The van der Waals surface area contributed by atoms with E-state index in [-0.39, 0.29) is 40.7 Å². The van der Waals surface area contributed by atoms with E-state index in [4.69, 9.17) is 16.0 Å². The second-order valence-electron chi connectivity index (χ2n) is 11.5. The van der Waals surface area contributed by atoms with Crippen LogP contribution in [0.5, 0.6) is 11.5 Å². The van der Waals surface area contributed by atoms with E-state index in [9.17, 15) is 29.4 Å². The highest BCUT2D eigenvalue weighted by Crippen LogP contribution is 2.28. The standard InChI is InChI=1S/C34H33ClN4O7/c35-23-9-7-21(8-10-23)16-25(36-33(44)30-19-28(42)32-27(41)17-24(40)18-29(32)46-30)34(45)38-14-12-37(13-15-38)26-5-2-1-4-22(26)20-39-11-3-6-31(39)43/h1-2,4-5,7-10,17-19,25,40-41H,3,6,11-16,20H2,(H,36,44)/t25-/m1/s1. The van der Waals surface area contributed by atoms with Crippen molar-refractivity contribution < 1.29 is 29.0 Å². The van der Waals surface area contributed by atoms with Crippen LogP contribution in [0.4, 0.5) is 5.69 Å². The molecule has 3 aromatic carbocycles. The van der Waals surface area contributed by atoms with Gasteiger partial charge in [-0.2, -0.15) is 0 Å². The van der Waals surface area contributed by atoms with Crippen molar-refractivity contribution in [3.05, 3.63) is 98.9 Å². The Morgan fingerprint density at radius 1 is 0.935 bits per heavy atom. The summed E-state index contributed by atoms with van der Waals surface area (Å²) in [5, 5.41) is 23.0. The molecule has 0 saturated carbocycles. The van der Waals surface area contributed by atoms with Gasteiger partial charge < -0.3 is 34.6 Å². The molecular formula is C34H33ClN4O7. The molecular weight excluding hydrogens is 612 g/mol. The van der Waals surface area contributed by atoms with Gasteiger partial charge in [0, 0.05) is 81.0 Å². The molecule has 12 heteroatoms. The summed E-state index contributed by atoms with van der Waals surface area (Å²) >= 11 is 6.06. The molecule has 6 rings (SSSR count). The lowest BCUT2D eigenvalue weighted by Crippen LogP contribution is -2.55. The predicted molar refractivity (Wildman–Crippen MR) is 172 cm³/mol. The lowest BCUT2D eigenvalue weighted by molar-refractivity contribution is -0.133. The van der Waals surface area contributed by atoms with Gasteiger partial charge in [-0.05, 0) is 35.7 Å². The maximum absolute atomic E-state index is 13.9. The van der Waals surface area contributed by atoms with Gasteiger partial charge in [0.05, 0.1) is 0 Å². The van der Waals surface area contributed by atoms with Crippen molar-refractivity contribution >= 4 is 46.0 Å². The average Bonchev–Trinajstić information content (AvgIpc) is 3.44. The summed E-state index contributed by atoms with van der Waals surface area (Å²) < 4.78 is 5.58. The van der Waals surface area contributed by atoms with Crippen molar-refractivity contribution in [1.82, 2.24) is 15.1 Å². The molecule has 2 aliphatic heterocycles. The molecule has 1 atom stereocenters. The SMILES string of the molecule is O=C(N[C@H](Cc1ccc(Cl)cc1)C(=O)N1CCN(c2ccccc2CN2CCCC2=O)CC1)c1cc(=O)c2c(O)cc(O)cc2o1. The highest BCUT2D eigenvalue weighted by molar-refractivity contribution is 6.30. The number of piperazine rings is 1. The molecule has 2 aliphatic rings. The molecule has 1 aromatic heterocycles. The molecule has 3 N–H and O–H groups in total. The average molecular weight is 645 g/mol. The van der Waals surface area contributed by atoms with Crippen LogP contribution in [0, 0.1) is 0 Å². The fraction of sp³-hybridized carbons (Fsp3) is 0.294. The minimum atomic E-state index is -0.993. The first-order chi connectivity index (χ1) is 22.2. The number of hydrogen-bond acceptors (Lipinski definition) is 8. The maximum atomic E-state index is 13.9. The molecule has 3 amide bonds. The number of carbonyl (C=O) groups is 3. The number of phenols is 2. The quantitative estimate of drug-likeness (QED) is 0.264. The second-order valence-corrected chi connectivity index (χ2v) is 12.0. The summed E-state index contributed by atoms with van der Waals surface area (Å²) in [6.07, 6.45) is 1.61. The van der Waals surface area contributed by atoms with E-state index >= 15 is 0 Å². The number of halogens is 1. The van der Waals surface area contributed by atoms with E-state index < -0.39 is 23.1 Å². The fourth-order valence-electron chi connectivity index (χ4n) is 6.07. The first-order valence-electron chi connectivity index (χ1n) is 15.1. The number of nitrogens with one attached hydrogen (secondary N) is 1. The summed E-state index contributed by atoms with van der Waals surface area (Å²) in [5.74, 6) is -2.10. The molecule has 3 heterocycles. The third kappa shape index (κ3) is 6.64. The van der Waals surface area contributed by atoms with Gasteiger partial charge in [0.2, 0.25) is 11.8 Å². The molecule has 46 heavy (non-hydrogen) atoms. The van der Waals surface area contributed by atoms with Crippen molar-refractivity contribution in [2.45, 2.75) is 31.8 Å². The zero-order valence-electron chi connectivity index (χ0n) is 24.9. The highest BCUT2D eigenvalue weighted by Gasteiger charge is 2.31. The van der Waals surface area contributed by atoms with E-state index in [2.05, 4.69) is 10.2 Å². The van der Waals surface area contributed by atoms with Crippen LogP contribution >= 0.6 is 11.6 Å². The number of rotatable bonds is 8. The first-order valence-corrected chi connectivity index (χ1v) is 15.5. The number of carbonyl (C=O) groups excluding carboxylic acids is 3. The van der Waals surface area contributed by atoms with Crippen molar-refractivity contribution in [2.24, 2.45) is 0 Å². The van der Waals surface area contributed by atoms with Crippen LogP contribution in [0.2, 0.25) is 5.02 Å². The normalized spacial score (nSPS) is 15.8. The number of amides is 3. The molecule has 0 spiro atoms. The molecule has 4 aromatic rings. The topological polar surface area (TPSA) is 144 Å². The van der Waals surface area contributed by atoms with Crippen molar-refractivity contribution in [2.75, 3.05) is 37.6 Å². The number of phenolic OH excluding ortho intramolecular Hbond substituents is 2. The number of benzene rings is 3. The second kappa shape index (κ2) is 13.1. The van der Waals surface area contributed by atoms with Gasteiger partial charge in [-0.25, -0.2) is 0 Å². The van der Waals surface area contributed by atoms with Crippen LogP contribution in [0.3, 0.4) is 0 Å². The fourth-order valence-corrected chi connectivity index (χ4v) is 6.20. The third-order valence-electron chi connectivity index (χ3n) is 8.43. The minimum absolute atomic E-state index is 0.161. The van der Waals surface area contributed by atoms with Crippen LogP contribution in [0.15, 0.2) is 75.9 Å². The van der Waals surface area contributed by atoms with E-state index in [0.717, 1.165) is 48.0 Å². The highest BCUT2D eigenvalue weighted by atomic mass is 35.5. The Kier molecular flexibility index (Phi) is 8.85. The zero-order valence-corrected chi connectivity index (χ0v) is 25.7. The van der Waals surface area contributed by atoms with Crippen molar-refractivity contribution in [3.63, 3.8) is 0 Å². The number of para-hydroxylation sites is 1. The smallest absolute Gasteiger partial charge is 0.287 e. The Balaban J connectivity index is 1.19. The van der Waals surface area contributed by atoms with Crippen LogP contribution in [0.25, 0.3) is 11.0 Å². The van der Waals surface area contributed by atoms with Gasteiger partial charge in [-0.1, -0.05) is 41.9 Å². The van der Waals surface area contributed by atoms with E-state index in [1.165, 1.54) is 0 Å². The lowest BCUT2D eigenvalue weighted by Gasteiger charge is -2.38. The lowest BCUT2D eigenvalue weighted by atomic mass is 10.0. The zero-order chi connectivity index (χ0) is 32.4. The summed E-state index contributed by atoms with van der Waals surface area (Å²) in [6.45, 7) is 3.24. The minimum Gasteiger partial charge on any atom is -0.508 e. The number of likely N-dealkylation sites (tertiary alicyclic amines) is 1. The van der Waals surface area contributed by atoms with Gasteiger partial charge in [0.15, 0.2) is 11.2 Å². The largest absolute Gasteiger partial charge is 0.508 e. The van der Waals surface area contributed by atoms with E-state index in [1.54, 1.807) is 29.2 Å². The first kappa shape index (κ1) is 31.0. The van der Waals surface area contributed by atoms with Crippen LogP contribution in [-0.4, -0.2) is 76.5 Å². The van der Waals surface area contributed by atoms with E-state index in [0.29, 0.717) is 44.2 Å². The predicted octanol–water partition coefficient (Wildman–Crippen LogP) is 3.67. The van der Waals surface area contributed by atoms with Gasteiger partial charge >= 0.3 is 0 Å². The molecule has 0 bridgehead atoms. The van der Waals surface area contributed by atoms with Gasteiger partial charge in [-0.15, -0.1) is 0 Å². The Hall–Kier alpha value is -5.03. The Labute approximate surface area is 269 Å². The number of hydrogen-bond donors (Lipinski definition) is 3. The number of fused-ring (bicyclic) bond motifs is 1. The van der Waals surface area contributed by atoms with Gasteiger partial charge in [0.1, 0.15) is 28.5 Å². The van der Waals surface area contributed by atoms with Crippen LogP contribution < -0.4 is 15.6 Å². The van der Waals surface area contributed by atoms with Crippen molar-refractivity contribution in [3.8, 4) is 11.5 Å². The Morgan fingerprint density at radius 2 is 1.67 bits per heavy atom. The van der Waals surface area contributed by atoms with Crippen LogP contribution in [0.1, 0.15) is 34.5 Å². The van der Waals surface area contributed by atoms with Gasteiger partial charge in [-0.3, -0.25) is 19.2 Å². The van der Waals surface area contributed by atoms with Crippen molar-refractivity contribution in [1.29, 1.82) is 0 Å². The summed E-state index contributed by atoms with van der Waals surface area (Å²) in [7, 11) is 0. The van der Waals surface area contributed by atoms with E-state index in [1.807, 2.05) is 29.2 Å². The third-order valence-corrected chi connectivity index (χ3v) is 8.68. The summed E-state index contributed by atoms with van der Waals surface area (Å²) in [4.78, 5) is 58.1. The number of aromatic hydroxyl groups is 2. The molecule has 0 unspecified atom stereocenters. The molecule has 0 radical (unpaired) electrons. The van der Waals surface area contributed by atoms with Crippen LogP contribution in [-0.2, 0) is 22.6 Å². The molecule has 11 nitrogen and oxygen atoms in total.